The summed E-state index contributed by atoms with van der Waals surface area (Å²) >= 11 is 0. The summed E-state index contributed by atoms with van der Waals surface area (Å²) in [6.07, 6.45) is -5.18. The van der Waals surface area contributed by atoms with Gasteiger partial charge in [-0.2, -0.15) is 8.42 Å². The fraction of sp³-hybridized carbons (Fsp3) is 0.789. The number of ether oxygens (including phenoxy) is 7. The molecule has 0 saturated carbocycles. The number of methoxy groups -OCH3 is 1. The second-order valence-corrected chi connectivity index (χ2v) is 25.7. The van der Waals surface area contributed by atoms with Crippen molar-refractivity contribution in [2.45, 2.75) is 206 Å². The maximum Gasteiger partial charge on any atom is 0.341 e. The minimum Gasteiger partial charge on any atom is -0.477 e. The number of nitrogens with zero attached hydrogens (tertiary/aromatic N) is 2. The Balaban J connectivity index is 1.25. The minimum absolute atomic E-state index is 0.0565. The number of aldehydes is 1. The molecule has 22 nitrogen and oxygen atoms in total. The van der Waals surface area contributed by atoms with Crippen molar-refractivity contribution in [1.29, 1.82) is 0 Å². The number of aromatic carboxylic acids is 1. The smallest absolute Gasteiger partial charge is 0.341 e. The van der Waals surface area contributed by atoms with E-state index in [1.165, 1.54) is 27.2 Å². The standard InChI is InChI=1S/C57H94N4O18S/c1-16-44(57(12,69)38(8)63)76-53(68)36(6)49(35(5)50(56(11,72-15)28-32(2)31-62)78-54-48(65)43(60(13)14)25-34(4)74-54)77-45-29-55(9,10)51(37(7)75-45)79-80(70,71)24-21-58-19-22-73-23-20-59-40-26-39-18-17-33(3)61-30-42(52(66)67)47(64)41(27-40)46(39)61/h26-27,30-38,43-45,48-51,54,58-59,63,65,69H,16-25,28-29H2,1-15H3,(H,66,67)/t32-,33?,34-,35?,36-,37+,38-,43+,44-,45+,48-,49+,50-,51+,54+,56-,57+/m1/s1. The van der Waals surface area contributed by atoms with E-state index in [2.05, 4.69) is 10.6 Å². The number of rotatable bonds is 31. The Labute approximate surface area is 472 Å². The zero-order valence-electron chi connectivity index (χ0n) is 49.8. The van der Waals surface area contributed by atoms with Crippen LogP contribution in [0.2, 0.25) is 0 Å². The van der Waals surface area contributed by atoms with E-state index in [1.54, 1.807) is 47.6 Å². The number of nitrogens with one attached hydrogen (secondary N) is 2. The molecule has 2 saturated heterocycles. The van der Waals surface area contributed by atoms with Crippen LogP contribution >= 0.6 is 0 Å². The Morgan fingerprint density at radius 3 is 2.31 bits per heavy atom. The Bertz CT molecular complexity index is 2560. The number of carbonyl (C=O) groups excluding carboxylic acids is 2. The highest BCUT2D eigenvalue weighted by atomic mass is 32.2. The Morgan fingerprint density at radius 2 is 1.71 bits per heavy atom. The van der Waals surface area contributed by atoms with Crippen LogP contribution in [0.15, 0.2) is 23.1 Å². The lowest BCUT2D eigenvalue weighted by Gasteiger charge is -2.49. The van der Waals surface area contributed by atoms with Crippen molar-refractivity contribution < 1.29 is 80.6 Å². The first kappa shape index (κ1) is 67.1. The van der Waals surface area contributed by atoms with E-state index in [1.807, 2.05) is 57.3 Å². The van der Waals surface area contributed by atoms with E-state index < -0.39 is 117 Å². The number of hydrogen-bond acceptors (Lipinski definition) is 20. The zero-order valence-corrected chi connectivity index (χ0v) is 50.6. The Kier molecular flexibility index (Phi) is 23.7. The predicted molar refractivity (Wildman–Crippen MR) is 300 cm³/mol. The van der Waals surface area contributed by atoms with Crippen LogP contribution < -0.4 is 16.1 Å². The minimum atomic E-state index is -4.12. The van der Waals surface area contributed by atoms with E-state index in [4.69, 9.17) is 37.3 Å². The van der Waals surface area contributed by atoms with Crippen LogP contribution in [0.4, 0.5) is 5.69 Å². The number of aliphatic hydroxyl groups excluding tert-OH is 2. The van der Waals surface area contributed by atoms with Gasteiger partial charge >= 0.3 is 11.9 Å². The lowest BCUT2D eigenvalue weighted by molar-refractivity contribution is -0.313. The number of likely N-dealkylation sites (N-methyl/N-ethyl adjacent to an activating group) is 1. The van der Waals surface area contributed by atoms with Crippen LogP contribution in [0.5, 0.6) is 0 Å². The number of aryl methyl sites for hydroxylation is 1. The molecule has 17 atom stereocenters. The van der Waals surface area contributed by atoms with Crippen LogP contribution in [-0.2, 0) is 63.5 Å². The highest BCUT2D eigenvalue weighted by Crippen LogP contribution is 2.43. The van der Waals surface area contributed by atoms with Gasteiger partial charge in [0, 0.05) is 74.4 Å². The molecular weight excluding hydrogens is 1060 g/mol. The van der Waals surface area contributed by atoms with Gasteiger partial charge in [-0.25, -0.2) is 4.79 Å². The van der Waals surface area contributed by atoms with Crippen LogP contribution in [0.3, 0.4) is 0 Å². The maximum atomic E-state index is 14.4. The number of carboxylic acid groups (broad SMARTS) is 1. The van der Waals surface area contributed by atoms with Gasteiger partial charge in [-0.15, -0.1) is 0 Å². The predicted octanol–water partition coefficient (Wildman–Crippen LogP) is 4.65. The van der Waals surface area contributed by atoms with Crippen molar-refractivity contribution in [3.63, 3.8) is 0 Å². The molecule has 0 spiro atoms. The number of carboxylic acids is 1. The second kappa shape index (κ2) is 28.3. The fourth-order valence-corrected chi connectivity index (χ4v) is 12.9. The number of benzene rings is 1. The van der Waals surface area contributed by atoms with Crippen LogP contribution in [0.25, 0.3) is 10.9 Å². The molecule has 6 N–H and O–H groups in total. The first-order chi connectivity index (χ1) is 37.3. The number of pyridine rings is 1. The molecule has 456 valence electrons. The summed E-state index contributed by atoms with van der Waals surface area (Å²) in [7, 11) is 1.08. The van der Waals surface area contributed by atoms with Gasteiger partial charge in [0.25, 0.3) is 10.1 Å². The molecule has 3 aliphatic rings. The number of aliphatic hydroxyl groups is 3. The molecule has 0 bridgehead atoms. The molecular formula is C57H94N4O18S. The average Bonchev–Trinajstić information content (AvgIpc) is 3.38. The van der Waals surface area contributed by atoms with Gasteiger partial charge in [0.1, 0.15) is 35.8 Å². The van der Waals surface area contributed by atoms with Gasteiger partial charge in [0.15, 0.2) is 12.6 Å². The van der Waals surface area contributed by atoms with E-state index in [0.29, 0.717) is 37.2 Å². The van der Waals surface area contributed by atoms with Crippen molar-refractivity contribution in [1.82, 2.24) is 14.8 Å². The van der Waals surface area contributed by atoms with Gasteiger partial charge < -0.3 is 78.5 Å². The van der Waals surface area contributed by atoms with Gasteiger partial charge in [-0.1, -0.05) is 34.6 Å². The van der Waals surface area contributed by atoms with Crippen molar-refractivity contribution in [3.8, 4) is 0 Å². The molecule has 0 amide bonds. The molecule has 0 radical (unpaired) electrons. The largest absolute Gasteiger partial charge is 0.477 e. The van der Waals surface area contributed by atoms with Crippen LogP contribution in [-0.4, -0.2) is 195 Å². The molecule has 80 heavy (non-hydrogen) atoms. The highest BCUT2D eigenvalue weighted by molar-refractivity contribution is 7.86. The fourth-order valence-electron chi connectivity index (χ4n) is 11.7. The zero-order chi connectivity index (χ0) is 59.8. The Morgan fingerprint density at radius 1 is 1.04 bits per heavy atom. The Hall–Kier alpha value is -3.69. The summed E-state index contributed by atoms with van der Waals surface area (Å²) in [4.78, 5) is 53.5. The quantitative estimate of drug-likeness (QED) is 0.0259. The first-order valence-corrected chi connectivity index (χ1v) is 29.9. The summed E-state index contributed by atoms with van der Waals surface area (Å²) in [5.41, 5.74) is -2.32. The molecule has 5 rings (SSSR count). The van der Waals surface area contributed by atoms with E-state index in [-0.39, 0.29) is 61.9 Å². The normalized spacial score (nSPS) is 27.4. The molecule has 1 aromatic heterocycles. The summed E-state index contributed by atoms with van der Waals surface area (Å²) in [5, 5.41) is 49.8. The number of hydrogen-bond donors (Lipinski definition) is 6. The molecule has 2 aromatic rings. The van der Waals surface area contributed by atoms with E-state index in [9.17, 15) is 48.0 Å². The third kappa shape index (κ3) is 16.3. The summed E-state index contributed by atoms with van der Waals surface area (Å²) in [5.74, 6) is -4.81. The molecule has 3 aliphatic heterocycles. The number of aromatic nitrogens is 1. The van der Waals surface area contributed by atoms with Gasteiger partial charge in [0.2, 0.25) is 5.43 Å². The first-order valence-electron chi connectivity index (χ1n) is 28.3. The third-order valence-electron chi connectivity index (χ3n) is 16.7. The monoisotopic (exact) mass is 1150 g/mol. The van der Waals surface area contributed by atoms with E-state index >= 15 is 0 Å². The molecule has 2 unspecified atom stereocenters. The third-order valence-corrected chi connectivity index (χ3v) is 17.9. The number of carbonyl (C=O) groups is 3. The second-order valence-electron chi connectivity index (χ2n) is 24.0. The van der Waals surface area contributed by atoms with E-state index in [0.717, 1.165) is 30.2 Å². The maximum absolute atomic E-state index is 14.4. The summed E-state index contributed by atoms with van der Waals surface area (Å²) in [6.45, 7) is 22.1. The van der Waals surface area contributed by atoms with Gasteiger partial charge in [-0.3, -0.25) is 13.8 Å². The molecule has 2 fully saturated rings. The average molecular weight is 1160 g/mol. The molecule has 0 aliphatic carbocycles. The SMILES string of the molecule is CC[C@@H](OC(=O)[C@H](C)[C@@H](O[C@H]1CC(C)(C)[C@@H](OS(=O)(=O)CCNCCOCCNc2cc3c4c(c2)c(=O)c(C(=O)O)cn4C(C)CC3)[C@H](C)O1)C(C)[C@@H](O[C@@H]1O[C@H](C)C[C@H](N(C)C)[C@H]1O)[C@@](C)(C[C@@H](C)C=O)OC)[C@@](C)(O)[C@@H](C)O. The number of anilines is 1. The topological polar surface area (TPSA) is 289 Å². The van der Waals surface area contributed by atoms with Crippen LogP contribution in [0.1, 0.15) is 137 Å². The van der Waals surface area contributed by atoms with Crippen LogP contribution in [0, 0.1) is 23.2 Å². The van der Waals surface area contributed by atoms with Crippen molar-refractivity contribution in [2.75, 3.05) is 65.1 Å². The summed E-state index contributed by atoms with van der Waals surface area (Å²) in [6, 6.07) is 3.38. The van der Waals surface area contributed by atoms with Gasteiger partial charge in [0.05, 0.1) is 66.5 Å². The molecule has 23 heteroatoms. The van der Waals surface area contributed by atoms with Crippen molar-refractivity contribution in [2.24, 2.45) is 23.2 Å². The highest BCUT2D eigenvalue weighted by Gasteiger charge is 2.52. The lowest BCUT2D eigenvalue weighted by Crippen LogP contribution is -2.60. The lowest BCUT2D eigenvalue weighted by atomic mass is 9.77. The number of esters is 1. The van der Waals surface area contributed by atoms with Crippen molar-refractivity contribution >= 4 is 44.9 Å². The van der Waals surface area contributed by atoms with Crippen molar-refractivity contribution in [3.05, 3.63) is 39.7 Å². The molecule has 4 heterocycles. The molecule has 1 aromatic carbocycles. The van der Waals surface area contributed by atoms with Gasteiger partial charge in [-0.05, 0) is 118 Å². The summed E-state index contributed by atoms with van der Waals surface area (Å²) < 4.78 is 79.4.